The van der Waals surface area contributed by atoms with Gasteiger partial charge in [-0.05, 0) is 134 Å². The van der Waals surface area contributed by atoms with Crippen LogP contribution in [0.1, 0.15) is 122 Å². The third-order valence-corrected chi connectivity index (χ3v) is 12.2. The quantitative estimate of drug-likeness (QED) is 0.374. The Hall–Kier alpha value is -1.51. The van der Waals surface area contributed by atoms with Crippen LogP contribution in [0, 0.1) is 52.3 Å². The minimum absolute atomic E-state index is 0.0346. The molecule has 0 radical (unpaired) electrons. The van der Waals surface area contributed by atoms with Gasteiger partial charge in [-0.2, -0.15) is 0 Å². The van der Waals surface area contributed by atoms with Crippen LogP contribution in [0.2, 0.25) is 0 Å². The number of carbonyl (C=O) groups is 1. The van der Waals surface area contributed by atoms with Gasteiger partial charge in [0.15, 0.2) is 0 Å². The van der Waals surface area contributed by atoms with Crippen molar-refractivity contribution in [3.63, 3.8) is 0 Å². The molecule has 0 aliphatic heterocycles. The van der Waals surface area contributed by atoms with Gasteiger partial charge in [0.25, 0.3) is 0 Å². The van der Waals surface area contributed by atoms with E-state index in [0.717, 1.165) is 48.3 Å². The highest BCUT2D eigenvalue weighted by molar-refractivity contribution is 5.89. The van der Waals surface area contributed by atoms with E-state index in [2.05, 4.69) is 34.6 Å². The molecule has 5 rings (SSSR count). The van der Waals surface area contributed by atoms with E-state index in [1.54, 1.807) is 24.3 Å². The van der Waals surface area contributed by atoms with E-state index in [1.807, 2.05) is 0 Å². The van der Waals surface area contributed by atoms with Crippen LogP contribution in [0.25, 0.3) is 0 Å². The number of benzene rings is 1. The van der Waals surface area contributed by atoms with Crippen molar-refractivity contribution in [2.75, 3.05) is 0 Å². The molecule has 0 amide bonds. The lowest BCUT2D eigenvalue weighted by Gasteiger charge is -2.61. The average molecular weight is 509 g/mol. The van der Waals surface area contributed by atoms with Gasteiger partial charge in [-0.3, -0.25) is 0 Å². The number of aromatic hydroxyl groups is 1. The van der Waals surface area contributed by atoms with Gasteiger partial charge in [-0.15, -0.1) is 0 Å². The second kappa shape index (κ2) is 10.6. The molecule has 0 saturated heterocycles. The molecule has 0 spiro atoms. The summed E-state index contributed by atoms with van der Waals surface area (Å²) >= 11 is 0. The molecule has 0 bridgehead atoms. The van der Waals surface area contributed by atoms with Crippen molar-refractivity contribution < 1.29 is 14.6 Å². The molecule has 1 aromatic carbocycles. The summed E-state index contributed by atoms with van der Waals surface area (Å²) in [7, 11) is 0. The van der Waals surface area contributed by atoms with Crippen LogP contribution in [0.5, 0.6) is 5.75 Å². The van der Waals surface area contributed by atoms with E-state index in [9.17, 15) is 9.90 Å². The van der Waals surface area contributed by atoms with Gasteiger partial charge in [0, 0.05) is 0 Å². The average Bonchev–Trinajstić information content (AvgIpc) is 3.21. The first-order valence-electron chi connectivity index (χ1n) is 15.6. The number of rotatable bonds is 7. The van der Waals surface area contributed by atoms with E-state index in [0.29, 0.717) is 22.3 Å². The third-order valence-electron chi connectivity index (χ3n) is 12.2. The second-order valence-corrected chi connectivity index (χ2v) is 14.5. The van der Waals surface area contributed by atoms with Crippen molar-refractivity contribution in [2.24, 2.45) is 52.3 Å². The Bertz CT molecular complexity index is 937. The summed E-state index contributed by atoms with van der Waals surface area (Å²) in [5.41, 5.74) is 1.50. The molecule has 1 N–H and O–H groups in total. The predicted octanol–water partition coefficient (Wildman–Crippen LogP) is 9.04. The molecule has 2 unspecified atom stereocenters. The minimum atomic E-state index is -0.241. The summed E-state index contributed by atoms with van der Waals surface area (Å²) in [5.74, 6) is 5.93. The Morgan fingerprint density at radius 2 is 1.62 bits per heavy atom. The Morgan fingerprint density at radius 3 is 2.35 bits per heavy atom. The van der Waals surface area contributed by atoms with Gasteiger partial charge in [-0.25, -0.2) is 4.79 Å². The lowest BCUT2D eigenvalue weighted by atomic mass is 9.44. The van der Waals surface area contributed by atoms with Crippen LogP contribution >= 0.6 is 0 Å². The SMILES string of the molecule is CC(C)CCC[C@@H](C)[C@H]1CC[C@H]2[C@@H]3CCC4CC(OC(=O)c5ccc(O)cc5)CC[C@]4(C)[C@H]3CC[C@]12C. The summed E-state index contributed by atoms with van der Waals surface area (Å²) in [6, 6.07) is 6.45. The summed E-state index contributed by atoms with van der Waals surface area (Å²) in [6.45, 7) is 12.6. The molecule has 4 aliphatic rings. The zero-order chi connectivity index (χ0) is 26.4. The van der Waals surface area contributed by atoms with Gasteiger partial charge >= 0.3 is 5.97 Å². The normalized spacial score (nSPS) is 39.9. The van der Waals surface area contributed by atoms with Crippen LogP contribution in [-0.4, -0.2) is 17.2 Å². The highest BCUT2D eigenvalue weighted by atomic mass is 16.5. The first-order valence-corrected chi connectivity index (χ1v) is 15.6. The van der Waals surface area contributed by atoms with Crippen LogP contribution in [0.15, 0.2) is 24.3 Å². The number of esters is 1. The molecule has 4 aliphatic carbocycles. The van der Waals surface area contributed by atoms with E-state index in [4.69, 9.17) is 4.74 Å². The Labute approximate surface area is 226 Å². The van der Waals surface area contributed by atoms with Crippen LogP contribution in [0.3, 0.4) is 0 Å². The summed E-state index contributed by atoms with van der Waals surface area (Å²) < 4.78 is 6.00. The highest BCUT2D eigenvalue weighted by Gasteiger charge is 2.60. The highest BCUT2D eigenvalue weighted by Crippen LogP contribution is 2.68. The number of hydrogen-bond acceptors (Lipinski definition) is 3. The molecule has 3 heteroatoms. The molecule has 0 heterocycles. The van der Waals surface area contributed by atoms with Crippen molar-refractivity contribution in [1.29, 1.82) is 0 Å². The topological polar surface area (TPSA) is 46.5 Å². The number of hydrogen-bond donors (Lipinski definition) is 1. The fourth-order valence-electron chi connectivity index (χ4n) is 10.2. The maximum Gasteiger partial charge on any atom is 0.338 e. The fourth-order valence-corrected chi connectivity index (χ4v) is 10.2. The van der Waals surface area contributed by atoms with E-state index < -0.39 is 0 Å². The van der Waals surface area contributed by atoms with Crippen molar-refractivity contribution in [3.05, 3.63) is 29.8 Å². The monoisotopic (exact) mass is 508 g/mol. The van der Waals surface area contributed by atoms with Crippen molar-refractivity contribution >= 4 is 5.97 Å². The summed E-state index contributed by atoms with van der Waals surface area (Å²) in [4.78, 5) is 12.7. The number of fused-ring (bicyclic) bond motifs is 5. The molecule has 4 fully saturated rings. The maximum absolute atomic E-state index is 12.7. The van der Waals surface area contributed by atoms with Crippen molar-refractivity contribution in [2.45, 2.75) is 118 Å². The van der Waals surface area contributed by atoms with Crippen LogP contribution in [0.4, 0.5) is 0 Å². The van der Waals surface area contributed by atoms with Gasteiger partial charge in [0.05, 0.1) is 5.56 Å². The lowest BCUT2D eigenvalue weighted by molar-refractivity contribution is -0.130. The molecule has 9 atom stereocenters. The zero-order valence-electron chi connectivity index (χ0n) is 24.2. The van der Waals surface area contributed by atoms with E-state index in [-0.39, 0.29) is 17.8 Å². The molecule has 3 nitrogen and oxygen atoms in total. The van der Waals surface area contributed by atoms with Crippen molar-refractivity contribution in [1.82, 2.24) is 0 Å². The fraction of sp³-hybridized carbons (Fsp3) is 0.794. The first kappa shape index (κ1) is 27.1. The number of phenolic OH excluding ortho intramolecular Hbond substituents is 1. The predicted molar refractivity (Wildman–Crippen MR) is 150 cm³/mol. The van der Waals surface area contributed by atoms with Gasteiger partial charge in [-0.1, -0.05) is 53.9 Å². The molecule has 4 saturated carbocycles. The molecule has 1 aromatic rings. The van der Waals surface area contributed by atoms with Crippen LogP contribution in [-0.2, 0) is 4.74 Å². The van der Waals surface area contributed by atoms with Crippen molar-refractivity contribution in [3.8, 4) is 5.75 Å². The minimum Gasteiger partial charge on any atom is -0.508 e. The van der Waals surface area contributed by atoms with Crippen LogP contribution < -0.4 is 0 Å². The Morgan fingerprint density at radius 1 is 0.919 bits per heavy atom. The molecular weight excluding hydrogens is 456 g/mol. The number of ether oxygens (including phenoxy) is 1. The van der Waals surface area contributed by atoms with Gasteiger partial charge < -0.3 is 9.84 Å². The smallest absolute Gasteiger partial charge is 0.338 e. The maximum atomic E-state index is 12.7. The van der Waals surface area contributed by atoms with Gasteiger partial charge in [0.1, 0.15) is 11.9 Å². The van der Waals surface area contributed by atoms with E-state index in [1.165, 1.54) is 64.2 Å². The molecule has 37 heavy (non-hydrogen) atoms. The Balaban J connectivity index is 1.21. The zero-order valence-corrected chi connectivity index (χ0v) is 24.2. The lowest BCUT2D eigenvalue weighted by Crippen LogP contribution is -2.54. The molecular formula is C34H52O3. The Kier molecular flexibility index (Phi) is 7.74. The first-order chi connectivity index (χ1) is 17.6. The number of carbonyl (C=O) groups excluding carboxylic acids is 1. The largest absolute Gasteiger partial charge is 0.508 e. The van der Waals surface area contributed by atoms with E-state index >= 15 is 0 Å². The second-order valence-electron chi connectivity index (χ2n) is 14.5. The molecule has 0 aromatic heterocycles. The summed E-state index contributed by atoms with van der Waals surface area (Å²) in [5, 5.41) is 9.53. The standard InChI is InChI=1S/C34H52O3/c1-22(2)7-6-8-23(3)29-15-16-30-28-14-11-25-21-27(37-32(36)24-9-12-26(35)13-10-24)17-19-33(25,4)31(28)18-20-34(29,30)5/h9-10,12-13,22-23,25,27-31,35H,6-8,11,14-21H2,1-5H3/t23-,25?,27?,28+,29-,30+,31+,33+,34-/m1/s1. The summed E-state index contributed by atoms with van der Waals surface area (Å²) in [6.07, 6.45) is 15.9. The van der Waals surface area contributed by atoms with Gasteiger partial charge in [0.2, 0.25) is 0 Å². The third kappa shape index (κ3) is 5.10. The molecule has 206 valence electrons. The number of phenols is 1.